The minimum absolute atomic E-state index is 0.00166. The third-order valence-electron chi connectivity index (χ3n) is 4.44. The highest BCUT2D eigenvalue weighted by atomic mass is 19.1. The number of hydrogen-bond acceptors (Lipinski definition) is 6. The summed E-state index contributed by atoms with van der Waals surface area (Å²) in [7, 11) is 1.49. The fourth-order valence-electron chi connectivity index (χ4n) is 2.94. The second kappa shape index (κ2) is 7.74. The fourth-order valence-corrected chi connectivity index (χ4v) is 2.94. The van der Waals surface area contributed by atoms with Crippen LogP contribution in [0.25, 0.3) is 11.2 Å². The highest BCUT2D eigenvalue weighted by Crippen LogP contribution is 2.25. The maximum Gasteiger partial charge on any atom is 0.291 e. The van der Waals surface area contributed by atoms with Crippen LogP contribution in [0.1, 0.15) is 21.7 Å². The number of nitrogens with one attached hydrogen (secondary N) is 2. The third-order valence-corrected chi connectivity index (χ3v) is 4.44. The van der Waals surface area contributed by atoms with Gasteiger partial charge in [-0.15, -0.1) is 5.10 Å². The minimum Gasteiger partial charge on any atom is -0.495 e. The monoisotopic (exact) mass is 408 g/mol. The molecule has 2 aromatic heterocycles. The average molecular weight is 408 g/mol. The normalized spacial score (nSPS) is 10.9. The van der Waals surface area contributed by atoms with Crippen molar-refractivity contribution < 1.29 is 13.9 Å². The van der Waals surface area contributed by atoms with Gasteiger partial charge in [-0.2, -0.15) is 0 Å². The summed E-state index contributed by atoms with van der Waals surface area (Å²) in [6.07, 6.45) is 0. The van der Waals surface area contributed by atoms with Crippen molar-refractivity contribution in [2.24, 2.45) is 0 Å². The molecule has 2 N–H and O–H groups in total. The summed E-state index contributed by atoms with van der Waals surface area (Å²) in [5.41, 5.74) is 1.66. The van der Waals surface area contributed by atoms with Crippen LogP contribution in [0.15, 0.2) is 47.3 Å². The Hall–Kier alpha value is -4.08. The molecule has 0 fully saturated rings. The Labute approximate surface area is 169 Å². The first-order chi connectivity index (χ1) is 14.4. The summed E-state index contributed by atoms with van der Waals surface area (Å²) in [6, 6.07) is 11.1. The molecule has 0 saturated carbocycles. The van der Waals surface area contributed by atoms with E-state index in [0.717, 1.165) is 11.1 Å². The van der Waals surface area contributed by atoms with Crippen molar-refractivity contribution in [3.05, 3.63) is 75.6 Å². The van der Waals surface area contributed by atoms with Gasteiger partial charge in [0.2, 0.25) is 5.82 Å². The first kappa shape index (κ1) is 19.2. The lowest BCUT2D eigenvalue weighted by Crippen LogP contribution is -2.22. The van der Waals surface area contributed by atoms with Crippen LogP contribution in [0, 0.1) is 12.7 Å². The van der Waals surface area contributed by atoms with Crippen molar-refractivity contribution in [1.82, 2.24) is 25.0 Å². The van der Waals surface area contributed by atoms with E-state index in [4.69, 9.17) is 4.74 Å². The molecule has 1 amide bonds. The number of rotatable bonds is 5. The molecule has 2 heterocycles. The number of fused-ring (bicyclic) bond motifs is 1. The molecule has 0 aliphatic heterocycles. The molecule has 0 atom stereocenters. The topological polar surface area (TPSA) is 115 Å². The molecule has 0 saturated heterocycles. The Morgan fingerprint density at radius 3 is 2.73 bits per heavy atom. The molecule has 9 nitrogen and oxygen atoms in total. The van der Waals surface area contributed by atoms with Gasteiger partial charge in [0.05, 0.1) is 19.3 Å². The van der Waals surface area contributed by atoms with Crippen molar-refractivity contribution in [1.29, 1.82) is 0 Å². The summed E-state index contributed by atoms with van der Waals surface area (Å²) in [6.45, 7) is 2.08. The number of methoxy groups -OCH3 is 1. The number of ether oxygens (including phenoxy) is 1. The Morgan fingerprint density at radius 1 is 1.23 bits per heavy atom. The van der Waals surface area contributed by atoms with Crippen LogP contribution in [-0.2, 0) is 6.54 Å². The van der Waals surface area contributed by atoms with Gasteiger partial charge in [-0.25, -0.2) is 14.1 Å². The molecule has 10 heteroatoms. The van der Waals surface area contributed by atoms with Crippen molar-refractivity contribution in [3.8, 4) is 5.75 Å². The van der Waals surface area contributed by atoms with Gasteiger partial charge in [-0.05, 0) is 42.3 Å². The first-order valence-corrected chi connectivity index (χ1v) is 8.98. The number of aromatic amines is 1. The van der Waals surface area contributed by atoms with Gasteiger partial charge in [0.25, 0.3) is 11.5 Å². The van der Waals surface area contributed by atoms with Crippen molar-refractivity contribution in [2.75, 3.05) is 12.4 Å². The number of aryl methyl sites for hydroxylation is 1. The predicted octanol–water partition coefficient (Wildman–Crippen LogP) is 2.27. The number of halogens is 1. The molecule has 4 rings (SSSR count). The zero-order valence-electron chi connectivity index (χ0n) is 16.1. The molecule has 0 aliphatic rings. The zero-order valence-corrected chi connectivity index (χ0v) is 16.1. The van der Waals surface area contributed by atoms with E-state index in [2.05, 4.69) is 25.6 Å². The van der Waals surface area contributed by atoms with E-state index in [0.29, 0.717) is 11.4 Å². The summed E-state index contributed by atoms with van der Waals surface area (Å²) in [4.78, 5) is 31.8. The van der Waals surface area contributed by atoms with E-state index in [1.165, 1.54) is 23.9 Å². The van der Waals surface area contributed by atoms with Gasteiger partial charge in [-0.1, -0.05) is 23.4 Å². The van der Waals surface area contributed by atoms with E-state index in [9.17, 15) is 14.0 Å². The Kier molecular flexibility index (Phi) is 4.97. The largest absolute Gasteiger partial charge is 0.495 e. The van der Waals surface area contributed by atoms with Crippen LogP contribution >= 0.6 is 0 Å². The van der Waals surface area contributed by atoms with Crippen molar-refractivity contribution in [3.63, 3.8) is 0 Å². The lowest BCUT2D eigenvalue weighted by atomic mass is 10.2. The third kappa shape index (κ3) is 3.75. The Balaban J connectivity index is 1.68. The summed E-state index contributed by atoms with van der Waals surface area (Å²) in [5, 5.41) is 10.5. The first-order valence-electron chi connectivity index (χ1n) is 8.98. The molecular weight excluding hydrogens is 391 g/mol. The summed E-state index contributed by atoms with van der Waals surface area (Å²) >= 11 is 0. The number of anilines is 1. The van der Waals surface area contributed by atoms with Gasteiger partial charge in [0.1, 0.15) is 11.6 Å². The van der Waals surface area contributed by atoms with Gasteiger partial charge >= 0.3 is 0 Å². The van der Waals surface area contributed by atoms with Crippen LogP contribution in [0.3, 0.4) is 0 Å². The maximum absolute atomic E-state index is 13.1. The van der Waals surface area contributed by atoms with Crippen LogP contribution in [-0.4, -0.2) is 38.0 Å². The molecule has 30 heavy (non-hydrogen) atoms. The van der Waals surface area contributed by atoms with E-state index < -0.39 is 11.5 Å². The molecule has 0 unspecified atom stereocenters. The number of carbonyl (C=O) groups excluding carboxylic acids is 1. The van der Waals surface area contributed by atoms with Crippen LogP contribution in [0.4, 0.5) is 10.1 Å². The summed E-state index contributed by atoms with van der Waals surface area (Å²) in [5.74, 6) is -0.700. The number of hydrogen-bond donors (Lipinski definition) is 2. The molecule has 152 valence electrons. The number of carbonyl (C=O) groups is 1. The zero-order chi connectivity index (χ0) is 21.3. The molecule has 0 bridgehead atoms. The van der Waals surface area contributed by atoms with Gasteiger partial charge in [0.15, 0.2) is 11.2 Å². The fraction of sp³-hybridized carbons (Fsp3) is 0.150. The standard InChI is InChI=1S/C20H17FN6O3/c1-11-3-8-15(30-2)14(9-11)22-20(29)17-23-18-16(19(28)24-17)25-26-27(18)10-12-4-6-13(21)7-5-12/h3-9H,10H2,1-2H3,(H,22,29)(H,23,24,28). The number of aromatic nitrogens is 5. The average Bonchev–Trinajstić information content (AvgIpc) is 3.13. The highest BCUT2D eigenvalue weighted by molar-refractivity contribution is 6.03. The Morgan fingerprint density at radius 2 is 2.00 bits per heavy atom. The predicted molar refractivity (Wildman–Crippen MR) is 107 cm³/mol. The number of benzene rings is 2. The number of nitrogens with zero attached hydrogens (tertiary/aromatic N) is 4. The smallest absolute Gasteiger partial charge is 0.291 e. The van der Waals surface area contributed by atoms with Crippen LogP contribution < -0.4 is 15.6 Å². The minimum atomic E-state index is -0.618. The van der Waals surface area contributed by atoms with Crippen molar-refractivity contribution in [2.45, 2.75) is 13.5 Å². The lowest BCUT2D eigenvalue weighted by molar-refractivity contribution is 0.101. The highest BCUT2D eigenvalue weighted by Gasteiger charge is 2.18. The Bertz CT molecular complexity index is 1300. The molecule has 0 spiro atoms. The van der Waals surface area contributed by atoms with Gasteiger partial charge in [0, 0.05) is 0 Å². The van der Waals surface area contributed by atoms with Crippen LogP contribution in [0.5, 0.6) is 5.75 Å². The SMILES string of the molecule is COc1ccc(C)cc1NC(=O)c1nc2c(nnn2Cc2ccc(F)cc2)c(=O)[nH]1. The van der Waals surface area contributed by atoms with E-state index in [1.54, 1.807) is 24.3 Å². The molecule has 0 aliphatic carbocycles. The molecule has 0 radical (unpaired) electrons. The number of amides is 1. The number of H-pyrrole nitrogens is 1. The molecule has 4 aromatic rings. The molecule has 2 aromatic carbocycles. The van der Waals surface area contributed by atoms with E-state index in [-0.39, 0.29) is 29.4 Å². The van der Waals surface area contributed by atoms with Gasteiger partial charge < -0.3 is 15.0 Å². The van der Waals surface area contributed by atoms with Gasteiger partial charge in [-0.3, -0.25) is 9.59 Å². The maximum atomic E-state index is 13.1. The van der Waals surface area contributed by atoms with E-state index >= 15 is 0 Å². The second-order valence-corrected chi connectivity index (χ2v) is 6.62. The van der Waals surface area contributed by atoms with Crippen LogP contribution in [0.2, 0.25) is 0 Å². The second-order valence-electron chi connectivity index (χ2n) is 6.62. The summed E-state index contributed by atoms with van der Waals surface area (Å²) < 4.78 is 19.8. The quantitative estimate of drug-likeness (QED) is 0.524. The van der Waals surface area contributed by atoms with E-state index in [1.807, 2.05) is 13.0 Å². The molecular formula is C20H17FN6O3. The lowest BCUT2D eigenvalue weighted by Gasteiger charge is -2.10. The van der Waals surface area contributed by atoms with Crippen molar-refractivity contribution >= 4 is 22.8 Å².